The van der Waals surface area contributed by atoms with E-state index < -0.39 is 0 Å². The molecule has 0 heterocycles. The van der Waals surface area contributed by atoms with Gasteiger partial charge in [0.2, 0.25) is 5.91 Å². The molecular weight excluding hydrogens is 374 g/mol. The summed E-state index contributed by atoms with van der Waals surface area (Å²) < 4.78 is 0. The third-order valence-electron chi connectivity index (χ3n) is 5.40. The summed E-state index contributed by atoms with van der Waals surface area (Å²) in [6, 6.07) is 4.43. The van der Waals surface area contributed by atoms with Crippen molar-refractivity contribution in [3.05, 3.63) is 76.9 Å². The molecule has 0 spiro atoms. The highest BCUT2D eigenvalue weighted by atomic mass is 16.3. The van der Waals surface area contributed by atoms with Crippen LogP contribution in [-0.2, 0) is 4.79 Å². The number of amides is 1. The summed E-state index contributed by atoms with van der Waals surface area (Å²) in [5, 5.41) is 21.8. The number of benzene rings is 1. The van der Waals surface area contributed by atoms with Crippen LogP contribution in [0.4, 0.5) is 5.69 Å². The fourth-order valence-corrected chi connectivity index (χ4v) is 3.69. The SMILES string of the molecule is CC(C=CC1=C(C)CCCC1(C)C)=CC=CC(C)=CC(=O)Nc1cccc(O)c1O. The number of nitrogens with one attached hydrogen (secondary N) is 1. The van der Waals surface area contributed by atoms with Gasteiger partial charge in [-0.05, 0) is 68.7 Å². The largest absolute Gasteiger partial charge is 0.504 e. The molecule has 0 saturated heterocycles. The number of allylic oxidation sites excluding steroid dienone is 9. The summed E-state index contributed by atoms with van der Waals surface area (Å²) in [5.41, 5.74) is 5.22. The molecule has 0 atom stereocenters. The minimum atomic E-state index is -0.374. The minimum absolute atomic E-state index is 0.171. The molecule has 1 aliphatic rings. The summed E-state index contributed by atoms with van der Waals surface area (Å²) in [6.45, 7) is 10.7. The van der Waals surface area contributed by atoms with Crippen LogP contribution in [0.5, 0.6) is 11.5 Å². The summed E-state index contributed by atoms with van der Waals surface area (Å²) >= 11 is 0. The lowest BCUT2D eigenvalue weighted by atomic mass is 9.72. The van der Waals surface area contributed by atoms with E-state index in [0.29, 0.717) is 0 Å². The predicted molar refractivity (Wildman–Crippen MR) is 125 cm³/mol. The average Bonchev–Trinajstić information content (AvgIpc) is 2.64. The molecule has 4 nitrogen and oxygen atoms in total. The van der Waals surface area contributed by atoms with E-state index in [0.717, 1.165) is 11.1 Å². The van der Waals surface area contributed by atoms with Crippen molar-refractivity contribution in [3.63, 3.8) is 0 Å². The topological polar surface area (TPSA) is 69.6 Å². The minimum Gasteiger partial charge on any atom is -0.504 e. The smallest absolute Gasteiger partial charge is 0.248 e. The van der Waals surface area contributed by atoms with E-state index in [-0.39, 0.29) is 28.5 Å². The maximum absolute atomic E-state index is 12.1. The first-order valence-electron chi connectivity index (χ1n) is 10.3. The Labute approximate surface area is 180 Å². The van der Waals surface area contributed by atoms with Gasteiger partial charge in [0, 0.05) is 6.08 Å². The quantitative estimate of drug-likeness (QED) is 0.284. The number of carbonyl (C=O) groups is 1. The maximum atomic E-state index is 12.1. The lowest BCUT2D eigenvalue weighted by molar-refractivity contribution is -0.112. The van der Waals surface area contributed by atoms with Gasteiger partial charge in [-0.15, -0.1) is 0 Å². The molecule has 1 amide bonds. The Morgan fingerprint density at radius 1 is 1.13 bits per heavy atom. The van der Waals surface area contributed by atoms with Gasteiger partial charge in [-0.3, -0.25) is 4.79 Å². The maximum Gasteiger partial charge on any atom is 0.248 e. The Bertz CT molecular complexity index is 943. The molecule has 0 fully saturated rings. The van der Waals surface area contributed by atoms with E-state index in [1.807, 2.05) is 25.2 Å². The van der Waals surface area contributed by atoms with Crippen LogP contribution < -0.4 is 5.32 Å². The first-order chi connectivity index (χ1) is 14.1. The Morgan fingerprint density at radius 2 is 1.87 bits per heavy atom. The Kier molecular flexibility index (Phi) is 7.87. The van der Waals surface area contributed by atoms with Crippen molar-refractivity contribution in [2.45, 2.75) is 53.9 Å². The number of phenols is 2. The van der Waals surface area contributed by atoms with E-state index in [4.69, 9.17) is 0 Å². The molecule has 30 heavy (non-hydrogen) atoms. The molecular formula is C26H33NO3. The van der Waals surface area contributed by atoms with Gasteiger partial charge in [0.1, 0.15) is 0 Å². The van der Waals surface area contributed by atoms with Crippen LogP contribution in [0.3, 0.4) is 0 Å². The zero-order valence-electron chi connectivity index (χ0n) is 18.6. The summed E-state index contributed by atoms with van der Waals surface area (Å²) in [4.78, 5) is 12.1. The summed E-state index contributed by atoms with van der Waals surface area (Å²) in [5.74, 6) is -0.991. The molecule has 4 heteroatoms. The number of anilines is 1. The average molecular weight is 408 g/mol. The van der Waals surface area contributed by atoms with Gasteiger partial charge < -0.3 is 15.5 Å². The molecule has 1 aromatic rings. The van der Waals surface area contributed by atoms with Crippen molar-refractivity contribution >= 4 is 11.6 Å². The fourth-order valence-electron chi connectivity index (χ4n) is 3.69. The third-order valence-corrected chi connectivity index (χ3v) is 5.40. The second kappa shape index (κ2) is 10.1. The number of aromatic hydroxyl groups is 2. The van der Waals surface area contributed by atoms with Gasteiger partial charge >= 0.3 is 0 Å². The van der Waals surface area contributed by atoms with Gasteiger partial charge in [0.25, 0.3) is 0 Å². The second-order valence-corrected chi connectivity index (χ2v) is 8.59. The first-order valence-corrected chi connectivity index (χ1v) is 10.3. The van der Waals surface area contributed by atoms with Crippen molar-refractivity contribution in [1.29, 1.82) is 0 Å². The Hall–Kier alpha value is -3.01. The third kappa shape index (κ3) is 6.51. The van der Waals surface area contributed by atoms with Crippen molar-refractivity contribution < 1.29 is 15.0 Å². The van der Waals surface area contributed by atoms with Crippen LogP contribution in [0.2, 0.25) is 0 Å². The molecule has 0 aliphatic heterocycles. The highest BCUT2D eigenvalue weighted by molar-refractivity contribution is 6.01. The van der Waals surface area contributed by atoms with Gasteiger partial charge in [-0.25, -0.2) is 0 Å². The molecule has 0 unspecified atom stereocenters. The van der Waals surface area contributed by atoms with Crippen LogP contribution in [0.1, 0.15) is 53.9 Å². The van der Waals surface area contributed by atoms with Crippen molar-refractivity contribution in [2.75, 3.05) is 5.32 Å². The molecule has 3 N–H and O–H groups in total. The normalized spacial score (nSPS) is 17.8. The lowest BCUT2D eigenvalue weighted by Crippen LogP contribution is -2.19. The summed E-state index contributed by atoms with van der Waals surface area (Å²) in [7, 11) is 0. The molecule has 0 saturated carbocycles. The van der Waals surface area contributed by atoms with Gasteiger partial charge in [-0.2, -0.15) is 0 Å². The highest BCUT2D eigenvalue weighted by Crippen LogP contribution is 2.40. The van der Waals surface area contributed by atoms with Crippen LogP contribution >= 0.6 is 0 Å². The molecule has 2 rings (SSSR count). The van der Waals surface area contributed by atoms with Crippen molar-refractivity contribution in [3.8, 4) is 11.5 Å². The number of carbonyl (C=O) groups excluding carboxylic acids is 1. The van der Waals surface area contributed by atoms with Gasteiger partial charge in [0.15, 0.2) is 11.5 Å². The molecule has 0 aromatic heterocycles. The number of phenolic OH excluding ortho intramolecular Hbond substituents is 2. The summed E-state index contributed by atoms with van der Waals surface area (Å²) in [6.07, 6.45) is 15.3. The van der Waals surface area contributed by atoms with E-state index in [1.54, 1.807) is 6.07 Å². The van der Waals surface area contributed by atoms with E-state index in [1.165, 1.54) is 48.6 Å². The standard InChI is InChI=1S/C26H33NO3/c1-18(14-15-21-20(3)11-8-16-26(21,4)5)9-6-10-19(2)17-24(29)27-22-12-7-13-23(28)25(22)30/h6-7,9-10,12-15,17,28,30H,8,11,16H2,1-5H3,(H,27,29). The lowest BCUT2D eigenvalue weighted by Gasteiger charge is -2.32. The molecule has 1 aliphatic carbocycles. The van der Waals surface area contributed by atoms with Crippen LogP contribution in [0, 0.1) is 5.41 Å². The molecule has 1 aromatic carbocycles. The highest BCUT2D eigenvalue weighted by Gasteiger charge is 2.26. The Balaban J connectivity index is 1.99. The predicted octanol–water partition coefficient (Wildman–Crippen LogP) is 6.57. The van der Waals surface area contributed by atoms with Crippen LogP contribution in [0.15, 0.2) is 76.9 Å². The van der Waals surface area contributed by atoms with Crippen molar-refractivity contribution in [1.82, 2.24) is 0 Å². The van der Waals surface area contributed by atoms with E-state index in [2.05, 4.69) is 45.2 Å². The first kappa shape index (κ1) is 23.3. The number of rotatable bonds is 6. The van der Waals surface area contributed by atoms with Crippen LogP contribution in [-0.4, -0.2) is 16.1 Å². The monoisotopic (exact) mass is 407 g/mol. The van der Waals surface area contributed by atoms with Crippen LogP contribution in [0.25, 0.3) is 0 Å². The zero-order valence-corrected chi connectivity index (χ0v) is 18.6. The molecule has 0 bridgehead atoms. The number of hydrogen-bond acceptors (Lipinski definition) is 3. The number of para-hydroxylation sites is 1. The van der Waals surface area contributed by atoms with Gasteiger partial charge in [0.05, 0.1) is 5.69 Å². The molecule has 160 valence electrons. The van der Waals surface area contributed by atoms with Gasteiger partial charge in [-0.1, -0.05) is 61.4 Å². The van der Waals surface area contributed by atoms with E-state index >= 15 is 0 Å². The fraction of sp³-hybridized carbons (Fsp3) is 0.346. The Morgan fingerprint density at radius 3 is 2.57 bits per heavy atom. The number of hydrogen-bond donors (Lipinski definition) is 3. The van der Waals surface area contributed by atoms with Crippen molar-refractivity contribution in [2.24, 2.45) is 5.41 Å². The second-order valence-electron chi connectivity index (χ2n) is 8.59. The van der Waals surface area contributed by atoms with E-state index in [9.17, 15) is 15.0 Å². The zero-order chi connectivity index (χ0) is 22.3. The molecule has 0 radical (unpaired) electrons.